The summed E-state index contributed by atoms with van der Waals surface area (Å²) < 4.78 is 24.8. The van der Waals surface area contributed by atoms with Crippen molar-refractivity contribution in [2.24, 2.45) is 5.41 Å². The summed E-state index contributed by atoms with van der Waals surface area (Å²) in [6.45, 7) is 1.31. The molecule has 300 valence electrons. The lowest BCUT2D eigenvalue weighted by Gasteiger charge is -2.66. The van der Waals surface area contributed by atoms with Gasteiger partial charge >= 0.3 is 0 Å². The molecule has 1 heterocycles. The number of nitrogens with one attached hydrogen (secondary N) is 1. The van der Waals surface area contributed by atoms with E-state index < -0.39 is 61.2 Å². The quantitative estimate of drug-likeness (QED) is 0.0430. The van der Waals surface area contributed by atoms with Crippen molar-refractivity contribution in [1.82, 2.24) is 5.32 Å². The van der Waals surface area contributed by atoms with E-state index in [2.05, 4.69) is 12.2 Å². The second-order valence-corrected chi connectivity index (χ2v) is 16.4. The number of alkyl halides is 1. The summed E-state index contributed by atoms with van der Waals surface area (Å²) in [5.74, 6) is -0.280. The maximum Gasteiger partial charge on any atom is 0.220 e. The smallest absolute Gasteiger partial charge is 0.220 e. The van der Waals surface area contributed by atoms with Crippen molar-refractivity contribution >= 4 is 5.91 Å². The Morgan fingerprint density at radius 3 is 1.80 bits per heavy atom. The van der Waals surface area contributed by atoms with Gasteiger partial charge in [0.2, 0.25) is 5.91 Å². The first-order valence-electron chi connectivity index (χ1n) is 20.8. The van der Waals surface area contributed by atoms with Gasteiger partial charge in [0.1, 0.15) is 36.2 Å². The number of hydrogen-bond donors (Lipinski definition) is 7. The standard InChI is InChI=1S/C40H74FNO9/c1-2-3-4-5-6-7-8-9-10-13-16-19-22-31(44)34(46)30(26-50-38-37(49)36(48)35(47)32(25-43)51-38)42-33(45)23-20-17-14-11-12-15-18-21-24-39-27-40(41,28-39)29-39/h30-32,34-38,43-44,46-49H,2-29H2,1H3,(H,42,45)/t30?,31?,32-,34?,35+,36+,37-,38+,39?,40?/m1/s1. The minimum absolute atomic E-state index is 0.260. The van der Waals surface area contributed by atoms with Crippen LogP contribution in [0.25, 0.3) is 0 Å². The van der Waals surface area contributed by atoms with Crippen LogP contribution in [0.2, 0.25) is 0 Å². The molecule has 0 radical (unpaired) electrons. The van der Waals surface area contributed by atoms with E-state index in [4.69, 9.17) is 9.47 Å². The van der Waals surface area contributed by atoms with Gasteiger partial charge < -0.3 is 45.4 Å². The van der Waals surface area contributed by atoms with Crippen molar-refractivity contribution in [3.8, 4) is 0 Å². The maximum atomic E-state index is 13.7. The number of hydrogen-bond acceptors (Lipinski definition) is 9. The first kappa shape index (κ1) is 44.5. The summed E-state index contributed by atoms with van der Waals surface area (Å²) >= 11 is 0. The lowest BCUT2D eigenvalue weighted by Crippen LogP contribution is -2.64. The molecule has 4 rings (SSSR count). The Morgan fingerprint density at radius 2 is 1.27 bits per heavy atom. The van der Waals surface area contributed by atoms with Gasteiger partial charge in [-0.2, -0.15) is 0 Å². The lowest BCUT2D eigenvalue weighted by atomic mass is 9.41. The van der Waals surface area contributed by atoms with E-state index in [1.165, 1.54) is 77.0 Å². The zero-order chi connectivity index (χ0) is 37.1. The van der Waals surface area contributed by atoms with Gasteiger partial charge in [0, 0.05) is 6.42 Å². The van der Waals surface area contributed by atoms with Crippen LogP contribution in [0.1, 0.15) is 174 Å². The summed E-state index contributed by atoms with van der Waals surface area (Å²) in [5, 5.41) is 64.9. The second-order valence-electron chi connectivity index (χ2n) is 16.4. The van der Waals surface area contributed by atoms with Gasteiger partial charge in [-0.05, 0) is 43.9 Å². The predicted octanol–water partition coefficient (Wildman–Crippen LogP) is 5.89. The number of aliphatic hydroxyl groups is 6. The average molecular weight is 732 g/mol. The third-order valence-corrected chi connectivity index (χ3v) is 11.7. The van der Waals surface area contributed by atoms with Crippen molar-refractivity contribution in [2.75, 3.05) is 13.2 Å². The van der Waals surface area contributed by atoms with Gasteiger partial charge in [-0.25, -0.2) is 4.39 Å². The summed E-state index contributed by atoms with van der Waals surface area (Å²) in [6, 6.07) is -1.00. The molecule has 8 atom stereocenters. The number of carbonyl (C=O) groups excluding carboxylic acids is 1. The van der Waals surface area contributed by atoms with Crippen LogP contribution in [-0.4, -0.2) is 104 Å². The van der Waals surface area contributed by atoms with Crippen molar-refractivity contribution in [3.05, 3.63) is 0 Å². The zero-order valence-electron chi connectivity index (χ0n) is 31.7. The topological polar surface area (TPSA) is 169 Å². The van der Waals surface area contributed by atoms with Gasteiger partial charge in [0.05, 0.1) is 25.4 Å². The van der Waals surface area contributed by atoms with E-state index in [9.17, 15) is 39.8 Å². The monoisotopic (exact) mass is 732 g/mol. The fourth-order valence-corrected chi connectivity index (χ4v) is 8.51. The molecule has 10 nitrogen and oxygen atoms in total. The Morgan fingerprint density at radius 1 is 0.765 bits per heavy atom. The Labute approximate surface area is 307 Å². The molecule has 0 aromatic heterocycles. The van der Waals surface area contributed by atoms with Crippen LogP contribution in [0, 0.1) is 5.41 Å². The number of amides is 1. The Bertz CT molecular complexity index is 922. The SMILES string of the molecule is CCCCCCCCCCCCCCC(O)C(O)C(CO[C@H]1O[C@H](CO)[C@H](O)[C@H](O)[C@H]1O)NC(=O)CCCCCCCCCCC12CC(F)(C1)C2. The van der Waals surface area contributed by atoms with Crippen LogP contribution >= 0.6 is 0 Å². The fraction of sp³-hybridized carbons (Fsp3) is 0.975. The second kappa shape index (κ2) is 23.8. The Balaban J connectivity index is 1.32. The Kier molecular flexibility index (Phi) is 20.7. The molecule has 4 aliphatic rings. The summed E-state index contributed by atoms with van der Waals surface area (Å²) in [6.07, 6.45) is 17.2. The molecule has 4 fully saturated rings. The van der Waals surface area contributed by atoms with Crippen LogP contribution in [-0.2, 0) is 14.3 Å². The molecule has 3 unspecified atom stereocenters. The van der Waals surface area contributed by atoms with Crippen LogP contribution in [0.15, 0.2) is 0 Å². The van der Waals surface area contributed by atoms with Crippen LogP contribution in [0.5, 0.6) is 0 Å². The summed E-state index contributed by atoms with van der Waals surface area (Å²) in [5.41, 5.74) is -0.451. The number of aliphatic hydroxyl groups excluding tert-OH is 6. The largest absolute Gasteiger partial charge is 0.394 e. The van der Waals surface area contributed by atoms with Crippen LogP contribution in [0.4, 0.5) is 4.39 Å². The van der Waals surface area contributed by atoms with Crippen molar-refractivity contribution in [2.45, 2.75) is 228 Å². The molecule has 0 spiro atoms. The van der Waals surface area contributed by atoms with Crippen LogP contribution in [0.3, 0.4) is 0 Å². The normalized spacial score (nSPS) is 30.3. The van der Waals surface area contributed by atoms with E-state index in [1.54, 1.807) is 0 Å². The lowest BCUT2D eigenvalue weighted by molar-refractivity contribution is -0.303. The average Bonchev–Trinajstić information content (AvgIpc) is 3.09. The van der Waals surface area contributed by atoms with E-state index in [0.29, 0.717) is 18.3 Å². The molecule has 0 aromatic carbocycles. The highest BCUT2D eigenvalue weighted by Gasteiger charge is 2.68. The zero-order valence-corrected chi connectivity index (χ0v) is 31.7. The summed E-state index contributed by atoms with van der Waals surface area (Å²) in [7, 11) is 0. The molecule has 3 aliphatic carbocycles. The van der Waals surface area contributed by atoms with E-state index in [-0.39, 0.29) is 18.9 Å². The number of ether oxygens (including phenoxy) is 2. The summed E-state index contributed by atoms with van der Waals surface area (Å²) in [4.78, 5) is 12.9. The molecule has 7 N–H and O–H groups in total. The third-order valence-electron chi connectivity index (χ3n) is 11.7. The third kappa shape index (κ3) is 15.4. The molecule has 11 heteroatoms. The molecule has 1 aliphatic heterocycles. The molecular weight excluding hydrogens is 657 g/mol. The first-order valence-corrected chi connectivity index (χ1v) is 20.8. The highest BCUT2D eigenvalue weighted by molar-refractivity contribution is 5.76. The van der Waals surface area contributed by atoms with E-state index in [1.807, 2.05) is 0 Å². The minimum atomic E-state index is -1.61. The molecule has 0 aromatic rings. The Hall–Kier alpha value is -0.920. The molecule has 2 bridgehead atoms. The molecule has 1 amide bonds. The fourth-order valence-electron chi connectivity index (χ4n) is 8.51. The van der Waals surface area contributed by atoms with Gasteiger partial charge in [-0.15, -0.1) is 0 Å². The van der Waals surface area contributed by atoms with Crippen LogP contribution < -0.4 is 5.32 Å². The molecule has 3 saturated carbocycles. The minimum Gasteiger partial charge on any atom is -0.394 e. The van der Waals surface area contributed by atoms with Gasteiger partial charge in [-0.1, -0.05) is 129 Å². The highest BCUT2D eigenvalue weighted by Crippen LogP contribution is 2.71. The predicted molar refractivity (Wildman–Crippen MR) is 196 cm³/mol. The van der Waals surface area contributed by atoms with Crippen molar-refractivity contribution in [1.29, 1.82) is 0 Å². The van der Waals surface area contributed by atoms with Gasteiger partial charge in [0.25, 0.3) is 0 Å². The number of unbranched alkanes of at least 4 members (excludes halogenated alkanes) is 18. The first-order chi connectivity index (χ1) is 24.5. The number of rotatable bonds is 31. The number of halogens is 1. The highest BCUT2D eigenvalue weighted by atomic mass is 19.1. The molecule has 1 saturated heterocycles. The van der Waals surface area contributed by atoms with Crippen molar-refractivity contribution < 1.29 is 49.3 Å². The molecule has 51 heavy (non-hydrogen) atoms. The molecular formula is C40H74FNO9. The van der Waals surface area contributed by atoms with E-state index >= 15 is 0 Å². The number of carbonyl (C=O) groups is 1. The van der Waals surface area contributed by atoms with Gasteiger partial charge in [-0.3, -0.25) is 4.79 Å². The maximum absolute atomic E-state index is 13.7. The van der Waals surface area contributed by atoms with Gasteiger partial charge in [0.15, 0.2) is 6.29 Å². The van der Waals surface area contributed by atoms with E-state index in [0.717, 1.165) is 70.6 Å². The van der Waals surface area contributed by atoms with Crippen molar-refractivity contribution in [3.63, 3.8) is 0 Å².